The Labute approximate surface area is 183 Å². The Hall–Kier alpha value is -2.70. The van der Waals surface area contributed by atoms with Gasteiger partial charge in [-0.25, -0.2) is 4.98 Å². The molecule has 0 bridgehead atoms. The fraction of sp³-hybridized carbons (Fsp3) is 0.583. The van der Waals surface area contributed by atoms with Gasteiger partial charge in [-0.2, -0.15) is 4.98 Å². The van der Waals surface area contributed by atoms with Crippen LogP contribution >= 0.6 is 0 Å². The van der Waals surface area contributed by atoms with Crippen molar-refractivity contribution in [1.82, 2.24) is 15.0 Å². The number of hydrogen-bond donors (Lipinski definition) is 1. The third-order valence-electron chi connectivity index (χ3n) is 7.15. The number of methoxy groups -OCH3 is 1. The van der Waals surface area contributed by atoms with Crippen molar-refractivity contribution in [2.45, 2.75) is 64.2 Å². The van der Waals surface area contributed by atoms with Crippen LogP contribution in [0.4, 0.5) is 0 Å². The molecule has 1 N–H and O–H groups in total. The SMILES string of the molecule is CC[C@]1(C(=O)O)CC[C@@H](c2cnc(C)nc2OC[C@H]2C[C@@H]2c2ccc(OC)cn2)CC1. The monoisotopic (exact) mass is 425 g/mol. The number of carboxylic acid groups (broad SMARTS) is 1. The van der Waals surface area contributed by atoms with Gasteiger partial charge in [0.25, 0.3) is 0 Å². The standard InChI is InChI=1S/C24H31N3O4/c1-4-24(23(28)29)9-7-16(8-10-24)20-13-25-15(2)27-22(20)31-14-17-11-19(17)21-6-5-18(30-3)12-26-21/h5-6,12-13,16-17,19H,4,7-11,14H2,1-3H3,(H,28,29)/t16-,17-,19+,24+/m1/s1. The largest absolute Gasteiger partial charge is 0.495 e. The van der Waals surface area contributed by atoms with Crippen LogP contribution < -0.4 is 9.47 Å². The molecule has 166 valence electrons. The summed E-state index contributed by atoms with van der Waals surface area (Å²) in [6.07, 6.45) is 8.38. The van der Waals surface area contributed by atoms with E-state index in [1.807, 2.05) is 32.2 Å². The van der Waals surface area contributed by atoms with E-state index < -0.39 is 11.4 Å². The maximum absolute atomic E-state index is 11.8. The molecular weight excluding hydrogens is 394 g/mol. The molecule has 0 spiro atoms. The lowest BCUT2D eigenvalue weighted by atomic mass is 9.68. The molecule has 2 heterocycles. The van der Waals surface area contributed by atoms with E-state index in [0.29, 0.717) is 49.4 Å². The summed E-state index contributed by atoms with van der Waals surface area (Å²) in [5.41, 5.74) is 1.50. The van der Waals surface area contributed by atoms with Gasteiger partial charge in [0.05, 0.1) is 25.3 Å². The number of nitrogens with zero attached hydrogens (tertiary/aromatic N) is 3. The van der Waals surface area contributed by atoms with Crippen LogP contribution in [-0.2, 0) is 4.79 Å². The van der Waals surface area contributed by atoms with Crippen molar-refractivity contribution in [3.63, 3.8) is 0 Å². The summed E-state index contributed by atoms with van der Waals surface area (Å²) in [5, 5.41) is 9.68. The summed E-state index contributed by atoms with van der Waals surface area (Å²) in [7, 11) is 1.64. The van der Waals surface area contributed by atoms with Gasteiger partial charge in [0.15, 0.2) is 0 Å². The van der Waals surface area contributed by atoms with E-state index in [2.05, 4.69) is 15.0 Å². The Balaban J connectivity index is 1.40. The number of carbonyl (C=O) groups is 1. The van der Waals surface area contributed by atoms with E-state index in [9.17, 15) is 9.90 Å². The molecule has 2 atom stereocenters. The second kappa shape index (κ2) is 8.81. The molecule has 7 heteroatoms. The van der Waals surface area contributed by atoms with Crippen LogP contribution in [0.5, 0.6) is 11.6 Å². The van der Waals surface area contributed by atoms with Crippen LogP contribution in [0, 0.1) is 18.3 Å². The van der Waals surface area contributed by atoms with Gasteiger partial charge in [0, 0.05) is 29.3 Å². The molecule has 0 amide bonds. The van der Waals surface area contributed by atoms with Gasteiger partial charge >= 0.3 is 5.97 Å². The number of pyridine rings is 1. The molecule has 2 aliphatic carbocycles. The van der Waals surface area contributed by atoms with Gasteiger partial charge in [-0.15, -0.1) is 0 Å². The second-order valence-corrected chi connectivity index (χ2v) is 8.93. The van der Waals surface area contributed by atoms with Crippen LogP contribution in [-0.4, -0.2) is 39.7 Å². The summed E-state index contributed by atoms with van der Waals surface area (Å²) >= 11 is 0. The fourth-order valence-corrected chi connectivity index (χ4v) is 4.77. The number of aromatic nitrogens is 3. The summed E-state index contributed by atoms with van der Waals surface area (Å²) in [6, 6.07) is 3.97. The molecule has 0 unspecified atom stereocenters. The van der Waals surface area contributed by atoms with Crippen molar-refractivity contribution in [2.75, 3.05) is 13.7 Å². The topological polar surface area (TPSA) is 94.4 Å². The first kappa shape index (κ1) is 21.5. The van der Waals surface area contributed by atoms with E-state index in [-0.39, 0.29) is 5.92 Å². The van der Waals surface area contributed by atoms with Crippen molar-refractivity contribution in [1.29, 1.82) is 0 Å². The van der Waals surface area contributed by atoms with Crippen LogP contribution in [0.3, 0.4) is 0 Å². The number of aliphatic carboxylic acids is 1. The fourth-order valence-electron chi connectivity index (χ4n) is 4.77. The van der Waals surface area contributed by atoms with Crippen LogP contribution in [0.1, 0.15) is 74.4 Å². The predicted octanol–water partition coefficient (Wildman–Crippen LogP) is 4.51. The zero-order chi connectivity index (χ0) is 22.0. The van der Waals surface area contributed by atoms with Crippen molar-refractivity contribution in [3.8, 4) is 11.6 Å². The molecule has 0 aromatic carbocycles. The maximum Gasteiger partial charge on any atom is 0.309 e. The summed E-state index contributed by atoms with van der Waals surface area (Å²) in [6.45, 7) is 4.44. The zero-order valence-corrected chi connectivity index (χ0v) is 18.5. The van der Waals surface area contributed by atoms with Crippen molar-refractivity contribution in [3.05, 3.63) is 41.6 Å². The highest BCUT2D eigenvalue weighted by Gasteiger charge is 2.42. The quantitative estimate of drug-likeness (QED) is 0.665. The Morgan fingerprint density at radius 3 is 2.61 bits per heavy atom. The highest BCUT2D eigenvalue weighted by molar-refractivity contribution is 5.74. The molecule has 0 saturated heterocycles. The first-order valence-corrected chi connectivity index (χ1v) is 11.2. The van der Waals surface area contributed by atoms with Gasteiger partial charge in [0.2, 0.25) is 5.88 Å². The lowest BCUT2D eigenvalue weighted by Crippen LogP contribution is -2.34. The molecule has 4 rings (SSSR count). The van der Waals surface area contributed by atoms with Crippen LogP contribution in [0.2, 0.25) is 0 Å². The average molecular weight is 426 g/mol. The van der Waals surface area contributed by atoms with Gasteiger partial charge in [-0.1, -0.05) is 6.92 Å². The predicted molar refractivity (Wildman–Crippen MR) is 115 cm³/mol. The maximum atomic E-state index is 11.8. The molecule has 2 aromatic rings. The number of hydrogen-bond acceptors (Lipinski definition) is 6. The van der Waals surface area contributed by atoms with Gasteiger partial charge < -0.3 is 14.6 Å². The van der Waals surface area contributed by atoms with Gasteiger partial charge in [-0.05, 0) is 63.5 Å². The summed E-state index contributed by atoms with van der Waals surface area (Å²) in [5.74, 6) is 2.52. The van der Waals surface area contributed by atoms with Gasteiger partial charge in [-0.3, -0.25) is 9.78 Å². The highest BCUT2D eigenvalue weighted by Crippen LogP contribution is 2.48. The van der Waals surface area contributed by atoms with E-state index in [4.69, 9.17) is 9.47 Å². The van der Waals surface area contributed by atoms with Crippen molar-refractivity contribution in [2.24, 2.45) is 11.3 Å². The van der Waals surface area contributed by atoms with Crippen LogP contribution in [0.15, 0.2) is 24.5 Å². The molecule has 2 saturated carbocycles. The first-order valence-electron chi connectivity index (χ1n) is 11.2. The number of aryl methyl sites for hydroxylation is 1. The third-order valence-corrected chi connectivity index (χ3v) is 7.15. The molecule has 7 nitrogen and oxygen atoms in total. The summed E-state index contributed by atoms with van der Waals surface area (Å²) in [4.78, 5) is 25.2. The Bertz CT molecular complexity index is 923. The van der Waals surface area contributed by atoms with Crippen molar-refractivity contribution >= 4 is 5.97 Å². The van der Waals surface area contributed by atoms with E-state index in [1.54, 1.807) is 13.3 Å². The van der Waals surface area contributed by atoms with Crippen molar-refractivity contribution < 1.29 is 19.4 Å². The molecule has 2 aliphatic rings. The number of carboxylic acids is 1. The molecular formula is C24H31N3O4. The Morgan fingerprint density at radius 2 is 2.00 bits per heavy atom. The lowest BCUT2D eigenvalue weighted by Gasteiger charge is -2.36. The van der Waals surface area contributed by atoms with E-state index in [0.717, 1.165) is 36.3 Å². The minimum absolute atomic E-state index is 0.243. The average Bonchev–Trinajstić information content (AvgIpc) is 3.57. The number of ether oxygens (including phenoxy) is 2. The Morgan fingerprint density at radius 1 is 1.23 bits per heavy atom. The molecule has 31 heavy (non-hydrogen) atoms. The first-order chi connectivity index (χ1) is 15.0. The third kappa shape index (κ3) is 4.50. The smallest absolute Gasteiger partial charge is 0.309 e. The lowest BCUT2D eigenvalue weighted by molar-refractivity contribution is -0.151. The normalized spacial score (nSPS) is 27.5. The zero-order valence-electron chi connectivity index (χ0n) is 18.5. The molecule has 2 fully saturated rings. The molecule has 0 aliphatic heterocycles. The molecule has 2 aromatic heterocycles. The minimum atomic E-state index is -0.669. The van der Waals surface area contributed by atoms with E-state index in [1.165, 1.54) is 0 Å². The number of rotatable bonds is 8. The second-order valence-electron chi connectivity index (χ2n) is 8.93. The Kier molecular flexibility index (Phi) is 6.12. The minimum Gasteiger partial charge on any atom is -0.495 e. The van der Waals surface area contributed by atoms with E-state index >= 15 is 0 Å². The molecule has 0 radical (unpaired) electrons. The summed E-state index contributed by atoms with van der Waals surface area (Å²) < 4.78 is 11.4. The van der Waals surface area contributed by atoms with Crippen LogP contribution in [0.25, 0.3) is 0 Å². The highest BCUT2D eigenvalue weighted by atomic mass is 16.5. The van der Waals surface area contributed by atoms with Gasteiger partial charge in [0.1, 0.15) is 11.6 Å².